The summed E-state index contributed by atoms with van der Waals surface area (Å²) in [6.45, 7) is 3.98. The molecular formula is C28H31NO2S2. The average Bonchev–Trinajstić information content (AvgIpc) is 2.85. The molecule has 5 heteroatoms. The number of benzene rings is 3. The third-order valence-electron chi connectivity index (χ3n) is 5.53. The van der Waals surface area contributed by atoms with E-state index in [4.69, 9.17) is 0 Å². The Morgan fingerprint density at radius 3 is 1.79 bits per heavy atom. The van der Waals surface area contributed by atoms with Crippen molar-refractivity contribution >= 4 is 39.4 Å². The van der Waals surface area contributed by atoms with E-state index in [0.717, 1.165) is 22.6 Å². The number of carbonyl (C=O) groups is 2. The van der Waals surface area contributed by atoms with Gasteiger partial charge in [0, 0.05) is 18.0 Å². The van der Waals surface area contributed by atoms with E-state index in [-0.39, 0.29) is 22.2 Å². The van der Waals surface area contributed by atoms with Gasteiger partial charge < -0.3 is 5.32 Å². The van der Waals surface area contributed by atoms with Gasteiger partial charge in [-0.05, 0) is 34.8 Å². The van der Waals surface area contributed by atoms with Crippen LogP contribution in [0.15, 0.2) is 91.0 Å². The smallest absolute Gasteiger partial charge is 0.195 e. The lowest BCUT2D eigenvalue weighted by atomic mass is 9.77. The zero-order valence-corrected chi connectivity index (χ0v) is 20.8. The second kappa shape index (κ2) is 13.3. The molecule has 0 heterocycles. The molecule has 3 aromatic carbocycles. The first kappa shape index (κ1) is 25.1. The molecule has 0 aliphatic rings. The minimum atomic E-state index is -0.415. The fourth-order valence-corrected chi connectivity index (χ4v) is 5.47. The van der Waals surface area contributed by atoms with Crippen molar-refractivity contribution in [1.29, 1.82) is 0 Å². The van der Waals surface area contributed by atoms with E-state index in [1.54, 1.807) is 0 Å². The van der Waals surface area contributed by atoms with Crippen molar-refractivity contribution < 1.29 is 9.59 Å². The van der Waals surface area contributed by atoms with Crippen molar-refractivity contribution in [3.8, 4) is 0 Å². The molecule has 3 nitrogen and oxygen atoms in total. The van der Waals surface area contributed by atoms with Gasteiger partial charge in [0.15, 0.2) is 10.2 Å². The van der Waals surface area contributed by atoms with Gasteiger partial charge in [-0.25, -0.2) is 0 Å². The molecule has 0 amide bonds. The Labute approximate surface area is 205 Å². The molecule has 0 saturated carbocycles. The van der Waals surface area contributed by atoms with Gasteiger partial charge in [0.25, 0.3) is 0 Å². The lowest BCUT2D eigenvalue weighted by Crippen LogP contribution is -2.33. The van der Waals surface area contributed by atoms with Gasteiger partial charge >= 0.3 is 0 Å². The fraction of sp³-hybridized carbons (Fsp3) is 0.286. The van der Waals surface area contributed by atoms with Crippen LogP contribution in [0.3, 0.4) is 0 Å². The molecule has 3 aromatic rings. The van der Waals surface area contributed by atoms with E-state index in [0.29, 0.717) is 12.2 Å². The van der Waals surface area contributed by atoms with Crippen LogP contribution in [0.2, 0.25) is 0 Å². The molecule has 3 rings (SSSR count). The lowest BCUT2D eigenvalue weighted by Gasteiger charge is -2.34. The van der Waals surface area contributed by atoms with Crippen LogP contribution in [0.25, 0.3) is 0 Å². The van der Waals surface area contributed by atoms with Crippen molar-refractivity contribution in [3.05, 3.63) is 102 Å². The molecule has 0 spiro atoms. The normalized spacial score (nSPS) is 13.6. The standard InChI is InChI=1S/C28H31NO2S2/c1-3-32-25(30)20-24(21-14-8-5-9-15-21)26(28(31)33-4-2)27(22-16-10-6-11-17-22)29-23-18-12-7-13-19-23/h5-19,24,26-27,29H,3-4,20H2,1-2H3/t24-,26+,27-/m1/s1. The van der Waals surface area contributed by atoms with Gasteiger partial charge in [-0.1, -0.05) is 116 Å². The summed E-state index contributed by atoms with van der Waals surface area (Å²) in [5.41, 5.74) is 3.01. The largest absolute Gasteiger partial charge is 0.377 e. The zero-order valence-electron chi connectivity index (χ0n) is 19.1. The van der Waals surface area contributed by atoms with Crippen LogP contribution < -0.4 is 5.32 Å². The van der Waals surface area contributed by atoms with E-state index in [2.05, 4.69) is 17.4 Å². The maximum absolute atomic E-state index is 13.7. The summed E-state index contributed by atoms with van der Waals surface area (Å²) in [5.74, 6) is 0.779. The van der Waals surface area contributed by atoms with Gasteiger partial charge in [0.05, 0.1) is 12.0 Å². The second-order valence-corrected chi connectivity index (χ2v) is 10.3. The third kappa shape index (κ3) is 7.24. The van der Waals surface area contributed by atoms with Gasteiger partial charge in [0.2, 0.25) is 0 Å². The second-order valence-electron chi connectivity index (χ2n) is 7.70. The molecule has 0 unspecified atom stereocenters. The molecule has 0 aliphatic carbocycles. The zero-order chi connectivity index (χ0) is 23.5. The lowest BCUT2D eigenvalue weighted by molar-refractivity contribution is -0.116. The molecule has 0 fully saturated rings. The highest BCUT2D eigenvalue weighted by Gasteiger charge is 2.38. The highest BCUT2D eigenvalue weighted by Crippen LogP contribution is 2.42. The fourth-order valence-electron chi connectivity index (χ4n) is 4.08. The van der Waals surface area contributed by atoms with Crippen LogP contribution >= 0.6 is 23.5 Å². The molecular weight excluding hydrogens is 446 g/mol. The molecule has 0 radical (unpaired) electrons. The van der Waals surface area contributed by atoms with Crippen LogP contribution in [-0.4, -0.2) is 21.7 Å². The number of nitrogens with one attached hydrogen (secondary N) is 1. The Kier molecular flexibility index (Phi) is 10.1. The van der Waals surface area contributed by atoms with E-state index < -0.39 is 5.92 Å². The van der Waals surface area contributed by atoms with Crippen LogP contribution in [0.1, 0.15) is 43.4 Å². The Morgan fingerprint density at radius 1 is 0.727 bits per heavy atom. The first-order chi connectivity index (χ1) is 16.1. The number of hydrogen-bond acceptors (Lipinski definition) is 5. The van der Waals surface area contributed by atoms with Gasteiger partial charge in [-0.15, -0.1) is 0 Å². The highest BCUT2D eigenvalue weighted by atomic mass is 32.2. The van der Waals surface area contributed by atoms with E-state index >= 15 is 0 Å². The number of anilines is 1. The molecule has 1 N–H and O–H groups in total. The SMILES string of the molecule is CCSC(=O)C[C@H](c1ccccc1)[C@H](C(=O)SCC)[C@H](Nc1ccccc1)c1ccccc1. The number of carbonyl (C=O) groups excluding carboxylic acids is 2. The average molecular weight is 478 g/mol. The highest BCUT2D eigenvalue weighted by molar-refractivity contribution is 8.13. The van der Waals surface area contributed by atoms with Gasteiger partial charge in [-0.3, -0.25) is 9.59 Å². The summed E-state index contributed by atoms with van der Waals surface area (Å²) >= 11 is 2.67. The maximum atomic E-state index is 13.7. The predicted octanol–water partition coefficient (Wildman–Crippen LogP) is 7.19. The van der Waals surface area contributed by atoms with E-state index in [9.17, 15) is 9.59 Å². The van der Waals surface area contributed by atoms with Crippen molar-refractivity contribution in [3.63, 3.8) is 0 Å². The minimum Gasteiger partial charge on any atom is -0.377 e. The molecule has 172 valence electrons. The van der Waals surface area contributed by atoms with Crippen LogP contribution in [0.5, 0.6) is 0 Å². The van der Waals surface area contributed by atoms with Gasteiger partial charge in [0.1, 0.15) is 0 Å². The van der Waals surface area contributed by atoms with Crippen LogP contribution in [-0.2, 0) is 9.59 Å². The number of thioether (sulfide) groups is 2. The van der Waals surface area contributed by atoms with Crippen molar-refractivity contribution in [2.45, 2.75) is 32.2 Å². The Balaban J connectivity index is 2.12. The molecule has 0 bridgehead atoms. The van der Waals surface area contributed by atoms with Crippen LogP contribution in [0.4, 0.5) is 5.69 Å². The molecule has 0 saturated heterocycles. The summed E-state index contributed by atoms with van der Waals surface area (Å²) in [5, 5.41) is 3.87. The molecule has 3 atom stereocenters. The molecule has 0 aromatic heterocycles. The number of rotatable bonds is 11. The predicted molar refractivity (Wildman–Crippen MR) is 143 cm³/mol. The monoisotopic (exact) mass is 477 g/mol. The van der Waals surface area contributed by atoms with Gasteiger partial charge in [-0.2, -0.15) is 0 Å². The Morgan fingerprint density at radius 2 is 1.24 bits per heavy atom. The van der Waals surface area contributed by atoms with Crippen molar-refractivity contribution in [2.75, 3.05) is 16.8 Å². The first-order valence-electron chi connectivity index (χ1n) is 11.4. The minimum absolute atomic E-state index is 0.109. The summed E-state index contributed by atoms with van der Waals surface area (Å²) in [7, 11) is 0. The quantitative estimate of drug-likeness (QED) is 0.317. The third-order valence-corrected chi connectivity index (χ3v) is 7.15. The van der Waals surface area contributed by atoms with E-state index in [1.165, 1.54) is 23.5 Å². The Hall–Kier alpha value is -2.50. The van der Waals surface area contributed by atoms with E-state index in [1.807, 2.05) is 92.7 Å². The maximum Gasteiger partial charge on any atom is 0.195 e. The summed E-state index contributed by atoms with van der Waals surface area (Å²) < 4.78 is 0. The number of para-hydroxylation sites is 1. The van der Waals surface area contributed by atoms with Crippen molar-refractivity contribution in [1.82, 2.24) is 0 Å². The molecule has 0 aliphatic heterocycles. The summed E-state index contributed by atoms with van der Waals surface area (Å²) in [6.07, 6.45) is 0.322. The first-order valence-corrected chi connectivity index (χ1v) is 13.3. The topological polar surface area (TPSA) is 46.2 Å². The molecule has 33 heavy (non-hydrogen) atoms. The summed E-state index contributed by atoms with van der Waals surface area (Å²) in [4.78, 5) is 26.6. The van der Waals surface area contributed by atoms with Crippen LogP contribution in [0, 0.1) is 5.92 Å². The Bertz CT molecular complexity index is 996. The van der Waals surface area contributed by atoms with Crippen molar-refractivity contribution in [2.24, 2.45) is 5.92 Å². The summed E-state index contributed by atoms with van der Waals surface area (Å²) in [6, 6.07) is 29.8. The number of hydrogen-bond donors (Lipinski definition) is 1.